The van der Waals surface area contributed by atoms with Gasteiger partial charge in [0, 0.05) is 24.2 Å². The largest absolute Gasteiger partial charge is 0.392 e. The third-order valence-corrected chi connectivity index (χ3v) is 4.49. The quantitative estimate of drug-likeness (QED) is 0.644. The number of aliphatic hydroxyl groups is 1. The summed E-state index contributed by atoms with van der Waals surface area (Å²) in [6.45, 7) is 2.67. The van der Waals surface area contributed by atoms with Crippen LogP contribution in [-0.2, 0) is 11.3 Å². The summed E-state index contributed by atoms with van der Waals surface area (Å²) in [6, 6.07) is 14.3. The maximum absolute atomic E-state index is 12.4. The van der Waals surface area contributed by atoms with Crippen LogP contribution in [0.5, 0.6) is 0 Å². The number of hydrogen-bond acceptors (Lipinski definition) is 6. The van der Waals surface area contributed by atoms with Crippen LogP contribution in [0.3, 0.4) is 0 Å². The lowest BCUT2D eigenvalue weighted by atomic mass is 10.2. The van der Waals surface area contributed by atoms with E-state index in [4.69, 9.17) is 4.74 Å². The lowest BCUT2D eigenvalue weighted by Crippen LogP contribution is -2.37. The molecule has 2 aromatic carbocycles. The summed E-state index contributed by atoms with van der Waals surface area (Å²) in [5.74, 6) is 1.02. The van der Waals surface area contributed by atoms with Crippen molar-refractivity contribution < 1.29 is 14.6 Å². The standard InChI is InChI=1S/C20H21N5O3/c26-13-14-4-3-5-15(12-14)21-20(27)24-19-22-17-7-2-1-6-16(17)18(23-19)25-8-10-28-11-9-25/h1-7,12,26H,8-11,13H2,(H2,21,22,23,24,27). The number of anilines is 3. The molecule has 0 unspecified atom stereocenters. The van der Waals surface area contributed by atoms with E-state index in [1.54, 1.807) is 24.3 Å². The average molecular weight is 379 g/mol. The van der Waals surface area contributed by atoms with Gasteiger partial charge in [-0.2, -0.15) is 4.98 Å². The monoisotopic (exact) mass is 379 g/mol. The highest BCUT2D eigenvalue weighted by molar-refractivity contribution is 6.00. The number of carbonyl (C=O) groups is 1. The van der Waals surface area contributed by atoms with Gasteiger partial charge in [-0.25, -0.2) is 9.78 Å². The van der Waals surface area contributed by atoms with Crippen LogP contribution >= 0.6 is 0 Å². The van der Waals surface area contributed by atoms with Gasteiger partial charge < -0.3 is 20.1 Å². The number of amides is 2. The number of morpholine rings is 1. The van der Waals surface area contributed by atoms with Crippen LogP contribution < -0.4 is 15.5 Å². The summed E-state index contributed by atoms with van der Waals surface area (Å²) < 4.78 is 5.43. The first-order valence-electron chi connectivity index (χ1n) is 9.10. The van der Waals surface area contributed by atoms with Crippen LogP contribution in [0.4, 0.5) is 22.2 Å². The van der Waals surface area contributed by atoms with Crippen molar-refractivity contribution in [3.8, 4) is 0 Å². The smallest absolute Gasteiger partial charge is 0.326 e. The number of rotatable bonds is 4. The van der Waals surface area contributed by atoms with E-state index < -0.39 is 6.03 Å². The zero-order valence-corrected chi connectivity index (χ0v) is 15.3. The molecule has 2 heterocycles. The average Bonchev–Trinajstić information content (AvgIpc) is 2.74. The van der Waals surface area contributed by atoms with Crippen LogP contribution in [0.25, 0.3) is 10.9 Å². The Kier molecular flexibility index (Phi) is 5.31. The Morgan fingerprint density at radius 3 is 2.71 bits per heavy atom. The predicted molar refractivity (Wildman–Crippen MR) is 108 cm³/mol. The zero-order chi connectivity index (χ0) is 19.3. The minimum Gasteiger partial charge on any atom is -0.392 e. The third-order valence-electron chi connectivity index (χ3n) is 4.49. The molecule has 1 aliphatic heterocycles. The van der Waals surface area contributed by atoms with Crippen molar-refractivity contribution in [1.29, 1.82) is 0 Å². The van der Waals surface area contributed by atoms with E-state index in [0.29, 0.717) is 24.5 Å². The van der Waals surface area contributed by atoms with Crippen molar-refractivity contribution in [3.05, 3.63) is 54.1 Å². The van der Waals surface area contributed by atoms with Crippen molar-refractivity contribution >= 4 is 34.4 Å². The molecule has 0 saturated carbocycles. The molecule has 3 N–H and O–H groups in total. The van der Waals surface area contributed by atoms with Crippen LogP contribution in [0.2, 0.25) is 0 Å². The second kappa shape index (κ2) is 8.20. The van der Waals surface area contributed by atoms with Crippen LogP contribution in [0.15, 0.2) is 48.5 Å². The van der Waals surface area contributed by atoms with Crippen LogP contribution in [0.1, 0.15) is 5.56 Å². The number of nitrogens with zero attached hydrogens (tertiary/aromatic N) is 3. The minimum absolute atomic E-state index is 0.0895. The van der Waals surface area contributed by atoms with E-state index in [-0.39, 0.29) is 12.6 Å². The van der Waals surface area contributed by atoms with Gasteiger partial charge in [-0.15, -0.1) is 0 Å². The maximum Gasteiger partial charge on any atom is 0.326 e. The topological polar surface area (TPSA) is 99.6 Å². The molecule has 0 atom stereocenters. The van der Waals surface area contributed by atoms with Crippen molar-refractivity contribution in [2.45, 2.75) is 6.61 Å². The fourth-order valence-electron chi connectivity index (χ4n) is 3.14. The molecule has 1 aliphatic rings. The highest BCUT2D eigenvalue weighted by Crippen LogP contribution is 2.26. The van der Waals surface area contributed by atoms with E-state index in [9.17, 15) is 9.90 Å². The van der Waals surface area contributed by atoms with Crippen molar-refractivity contribution in [2.24, 2.45) is 0 Å². The van der Waals surface area contributed by atoms with Gasteiger partial charge >= 0.3 is 6.03 Å². The van der Waals surface area contributed by atoms with Gasteiger partial charge in [0.1, 0.15) is 5.82 Å². The summed E-state index contributed by atoms with van der Waals surface area (Å²) in [6.07, 6.45) is 0. The van der Waals surface area contributed by atoms with Gasteiger partial charge in [0.25, 0.3) is 0 Å². The number of aromatic nitrogens is 2. The first kappa shape index (κ1) is 18.1. The lowest BCUT2D eigenvalue weighted by molar-refractivity contribution is 0.122. The molecule has 28 heavy (non-hydrogen) atoms. The molecule has 2 amide bonds. The summed E-state index contributed by atoms with van der Waals surface area (Å²) >= 11 is 0. The Labute approximate surface area is 162 Å². The number of para-hydroxylation sites is 1. The number of fused-ring (bicyclic) bond motifs is 1. The number of carbonyl (C=O) groups excluding carboxylic acids is 1. The first-order valence-corrected chi connectivity index (χ1v) is 9.10. The number of aliphatic hydroxyl groups excluding tert-OH is 1. The van der Waals surface area contributed by atoms with Crippen molar-refractivity contribution in [3.63, 3.8) is 0 Å². The lowest BCUT2D eigenvalue weighted by Gasteiger charge is -2.28. The highest BCUT2D eigenvalue weighted by atomic mass is 16.5. The fraction of sp³-hybridized carbons (Fsp3) is 0.250. The second-order valence-electron chi connectivity index (χ2n) is 6.43. The molecule has 8 nitrogen and oxygen atoms in total. The Bertz CT molecular complexity index is 988. The van der Waals surface area contributed by atoms with Crippen LogP contribution in [0, 0.1) is 0 Å². The molecule has 1 saturated heterocycles. The molecule has 0 radical (unpaired) electrons. The molecule has 8 heteroatoms. The second-order valence-corrected chi connectivity index (χ2v) is 6.43. The third kappa shape index (κ3) is 4.03. The first-order chi connectivity index (χ1) is 13.7. The van der Waals surface area contributed by atoms with Crippen molar-refractivity contribution in [2.75, 3.05) is 41.8 Å². The molecule has 3 aromatic rings. The number of hydrogen-bond donors (Lipinski definition) is 3. The molecular weight excluding hydrogens is 358 g/mol. The molecule has 1 fully saturated rings. The number of urea groups is 1. The van der Waals surface area contributed by atoms with Gasteiger partial charge in [0.05, 0.1) is 25.3 Å². The SMILES string of the molecule is O=C(Nc1cccc(CO)c1)Nc1nc(N2CCOCC2)c2ccccc2n1. The molecule has 0 aliphatic carbocycles. The normalized spacial score (nSPS) is 14.1. The number of ether oxygens (including phenoxy) is 1. The summed E-state index contributed by atoms with van der Waals surface area (Å²) in [4.78, 5) is 23.6. The summed E-state index contributed by atoms with van der Waals surface area (Å²) in [7, 11) is 0. The van der Waals surface area contributed by atoms with Crippen molar-refractivity contribution in [1.82, 2.24) is 9.97 Å². The van der Waals surface area contributed by atoms with Gasteiger partial charge in [0.15, 0.2) is 0 Å². The Hall–Kier alpha value is -3.23. The number of nitrogens with one attached hydrogen (secondary N) is 2. The Balaban J connectivity index is 1.58. The summed E-state index contributed by atoms with van der Waals surface area (Å²) in [5.41, 5.74) is 2.06. The maximum atomic E-state index is 12.4. The number of benzene rings is 2. The molecule has 0 bridgehead atoms. The fourth-order valence-corrected chi connectivity index (χ4v) is 3.14. The van der Waals surface area contributed by atoms with Gasteiger partial charge in [-0.05, 0) is 29.8 Å². The minimum atomic E-state index is -0.446. The van der Waals surface area contributed by atoms with Gasteiger partial charge in [-0.3, -0.25) is 5.32 Å². The Morgan fingerprint density at radius 1 is 1.07 bits per heavy atom. The molecule has 1 aromatic heterocycles. The predicted octanol–water partition coefficient (Wildman–Crippen LogP) is 2.60. The summed E-state index contributed by atoms with van der Waals surface area (Å²) in [5, 5.41) is 15.6. The highest BCUT2D eigenvalue weighted by Gasteiger charge is 2.18. The van der Waals surface area contributed by atoms with Crippen LogP contribution in [-0.4, -0.2) is 47.4 Å². The van der Waals surface area contributed by atoms with E-state index >= 15 is 0 Å². The molecule has 144 valence electrons. The zero-order valence-electron chi connectivity index (χ0n) is 15.3. The van der Waals surface area contributed by atoms with E-state index in [1.165, 1.54) is 0 Å². The molecule has 0 spiro atoms. The van der Waals surface area contributed by atoms with E-state index in [1.807, 2.05) is 24.3 Å². The Morgan fingerprint density at radius 2 is 1.89 bits per heavy atom. The van der Waals surface area contributed by atoms with Gasteiger partial charge in [0.2, 0.25) is 5.95 Å². The van der Waals surface area contributed by atoms with E-state index in [0.717, 1.165) is 29.8 Å². The van der Waals surface area contributed by atoms with E-state index in [2.05, 4.69) is 25.5 Å². The molecule has 4 rings (SSSR count). The molecular formula is C20H21N5O3. The van der Waals surface area contributed by atoms with Gasteiger partial charge in [-0.1, -0.05) is 24.3 Å².